The molecule has 1 saturated carbocycles. The zero-order valence-corrected chi connectivity index (χ0v) is 16.2. The van der Waals surface area contributed by atoms with Crippen LogP contribution in [0.3, 0.4) is 0 Å². The van der Waals surface area contributed by atoms with Crippen molar-refractivity contribution >= 4 is 11.9 Å². The number of carboxylic acids is 1. The Balaban J connectivity index is 1.67. The molecule has 1 aliphatic heterocycles. The molecule has 6 heteroatoms. The molecular weight excluding hydrogens is 344 g/mol. The number of hydrogen-bond acceptors (Lipinski definition) is 4. The Kier molecular flexibility index (Phi) is 6.17. The summed E-state index contributed by atoms with van der Waals surface area (Å²) in [5.74, 6) is -0.713. The highest BCUT2D eigenvalue weighted by Gasteiger charge is 2.45. The van der Waals surface area contributed by atoms with Gasteiger partial charge in [0.2, 0.25) is 5.91 Å². The summed E-state index contributed by atoms with van der Waals surface area (Å²) in [6.45, 7) is 6.00. The van der Waals surface area contributed by atoms with Gasteiger partial charge in [-0.05, 0) is 50.3 Å². The highest BCUT2D eigenvalue weighted by molar-refractivity contribution is 5.89. The van der Waals surface area contributed by atoms with Crippen molar-refractivity contribution < 1.29 is 19.4 Å². The molecule has 2 fully saturated rings. The molecule has 3 rings (SSSR count). The number of likely N-dealkylation sites (N-methyl/N-ethyl adjacent to an activating group) is 1. The molecule has 1 amide bonds. The van der Waals surface area contributed by atoms with E-state index in [2.05, 4.69) is 24.4 Å². The Hall–Kier alpha value is -1.92. The first kappa shape index (κ1) is 19.8. The molecule has 0 unspecified atom stereocenters. The molecular formula is C21H30N2O4. The Bertz CT molecular complexity index is 679. The summed E-state index contributed by atoms with van der Waals surface area (Å²) in [7, 11) is 0. The fourth-order valence-electron chi connectivity index (χ4n) is 4.45. The molecule has 1 aliphatic carbocycles. The summed E-state index contributed by atoms with van der Waals surface area (Å²) in [6.07, 6.45) is 3.01. The molecule has 2 N–H and O–H groups in total. The lowest BCUT2D eigenvalue weighted by atomic mass is 9.71. The summed E-state index contributed by atoms with van der Waals surface area (Å²) in [6, 6.07) is 8.48. The van der Waals surface area contributed by atoms with E-state index in [-0.39, 0.29) is 24.5 Å². The van der Waals surface area contributed by atoms with Crippen LogP contribution in [0.1, 0.15) is 43.7 Å². The first-order valence-electron chi connectivity index (χ1n) is 9.87. The first-order chi connectivity index (χ1) is 13.0. The van der Waals surface area contributed by atoms with Crippen molar-refractivity contribution in [3.8, 4) is 0 Å². The zero-order valence-electron chi connectivity index (χ0n) is 16.2. The first-order valence-corrected chi connectivity index (χ1v) is 9.87. The van der Waals surface area contributed by atoms with E-state index in [1.54, 1.807) is 0 Å². The SMILES string of the molecule is CCN(CC(=O)O)C1CC(NC(=O)C2(c3ccccc3C)CCOCC2)C1. The monoisotopic (exact) mass is 374 g/mol. The highest BCUT2D eigenvalue weighted by atomic mass is 16.5. The number of nitrogens with zero attached hydrogens (tertiary/aromatic N) is 1. The molecule has 0 atom stereocenters. The number of aliphatic carboxylic acids is 1. The number of hydrogen-bond donors (Lipinski definition) is 2. The van der Waals surface area contributed by atoms with Crippen LogP contribution in [0, 0.1) is 6.92 Å². The third-order valence-electron chi connectivity index (χ3n) is 6.15. The number of carbonyl (C=O) groups is 2. The maximum absolute atomic E-state index is 13.3. The lowest BCUT2D eigenvalue weighted by Gasteiger charge is -2.44. The van der Waals surface area contributed by atoms with Crippen molar-refractivity contribution in [3.63, 3.8) is 0 Å². The van der Waals surface area contributed by atoms with Crippen LogP contribution in [0.5, 0.6) is 0 Å². The topological polar surface area (TPSA) is 78.9 Å². The van der Waals surface area contributed by atoms with E-state index in [4.69, 9.17) is 9.84 Å². The summed E-state index contributed by atoms with van der Waals surface area (Å²) >= 11 is 0. The largest absolute Gasteiger partial charge is 0.480 e. The highest BCUT2D eigenvalue weighted by Crippen LogP contribution is 2.38. The second-order valence-electron chi connectivity index (χ2n) is 7.76. The summed E-state index contributed by atoms with van der Waals surface area (Å²) in [5, 5.41) is 12.3. The summed E-state index contributed by atoms with van der Waals surface area (Å²) in [5.41, 5.74) is 1.71. The molecule has 148 valence electrons. The number of carbonyl (C=O) groups excluding carboxylic acids is 1. The van der Waals surface area contributed by atoms with E-state index in [1.807, 2.05) is 24.0 Å². The van der Waals surface area contributed by atoms with Crippen molar-refractivity contribution in [2.45, 2.75) is 57.0 Å². The van der Waals surface area contributed by atoms with Gasteiger partial charge in [0, 0.05) is 25.3 Å². The van der Waals surface area contributed by atoms with Gasteiger partial charge in [0.05, 0.1) is 12.0 Å². The molecule has 6 nitrogen and oxygen atoms in total. The standard InChI is InChI=1S/C21H30N2O4/c1-3-23(14-19(24)25)17-12-16(13-17)22-20(26)21(8-10-27-11-9-21)18-7-5-4-6-15(18)2/h4-7,16-17H,3,8-14H2,1-2H3,(H,22,26)(H,24,25). The van der Waals surface area contributed by atoms with Gasteiger partial charge in [-0.3, -0.25) is 14.5 Å². The Labute approximate surface area is 160 Å². The second kappa shape index (κ2) is 8.40. The van der Waals surface area contributed by atoms with Gasteiger partial charge < -0.3 is 15.2 Å². The van der Waals surface area contributed by atoms with E-state index < -0.39 is 11.4 Å². The lowest BCUT2D eigenvalue weighted by Crippen LogP contribution is -2.58. The van der Waals surface area contributed by atoms with Gasteiger partial charge in [0.15, 0.2) is 0 Å². The fraction of sp³-hybridized carbons (Fsp3) is 0.619. The number of carboxylic acid groups (broad SMARTS) is 1. The third kappa shape index (κ3) is 4.17. The van der Waals surface area contributed by atoms with Gasteiger partial charge in [-0.1, -0.05) is 31.2 Å². The number of nitrogens with one attached hydrogen (secondary N) is 1. The number of aryl methyl sites for hydroxylation is 1. The second-order valence-corrected chi connectivity index (χ2v) is 7.76. The van der Waals surface area contributed by atoms with Crippen LogP contribution in [0.2, 0.25) is 0 Å². The van der Waals surface area contributed by atoms with Gasteiger partial charge in [0.1, 0.15) is 0 Å². The van der Waals surface area contributed by atoms with E-state index in [0.29, 0.717) is 32.6 Å². The van der Waals surface area contributed by atoms with Crippen LogP contribution in [-0.2, 0) is 19.7 Å². The molecule has 0 bridgehead atoms. The van der Waals surface area contributed by atoms with E-state index in [0.717, 1.165) is 24.0 Å². The molecule has 0 spiro atoms. The van der Waals surface area contributed by atoms with Crippen LogP contribution in [0.15, 0.2) is 24.3 Å². The van der Waals surface area contributed by atoms with Crippen LogP contribution in [-0.4, -0.2) is 60.3 Å². The summed E-state index contributed by atoms with van der Waals surface area (Å²) < 4.78 is 5.54. The van der Waals surface area contributed by atoms with Crippen molar-refractivity contribution in [2.24, 2.45) is 0 Å². The number of ether oxygens (including phenoxy) is 1. The molecule has 1 aromatic rings. The minimum atomic E-state index is -0.801. The van der Waals surface area contributed by atoms with Crippen LogP contribution in [0.4, 0.5) is 0 Å². The van der Waals surface area contributed by atoms with Crippen LogP contribution < -0.4 is 5.32 Å². The molecule has 2 aliphatic rings. The van der Waals surface area contributed by atoms with E-state index in [9.17, 15) is 9.59 Å². The minimum absolute atomic E-state index is 0.0618. The minimum Gasteiger partial charge on any atom is -0.480 e. The maximum Gasteiger partial charge on any atom is 0.317 e. The van der Waals surface area contributed by atoms with Crippen molar-refractivity contribution in [3.05, 3.63) is 35.4 Å². The molecule has 27 heavy (non-hydrogen) atoms. The van der Waals surface area contributed by atoms with Crippen molar-refractivity contribution in [2.75, 3.05) is 26.3 Å². The van der Waals surface area contributed by atoms with E-state index >= 15 is 0 Å². The van der Waals surface area contributed by atoms with Gasteiger partial charge >= 0.3 is 5.97 Å². The normalized spacial score (nSPS) is 24.3. The van der Waals surface area contributed by atoms with Gasteiger partial charge in [-0.2, -0.15) is 0 Å². The third-order valence-corrected chi connectivity index (χ3v) is 6.15. The summed E-state index contributed by atoms with van der Waals surface area (Å²) in [4.78, 5) is 26.3. The maximum atomic E-state index is 13.3. The lowest BCUT2D eigenvalue weighted by molar-refractivity contribution is -0.140. The van der Waals surface area contributed by atoms with Gasteiger partial charge in [-0.15, -0.1) is 0 Å². The average Bonchev–Trinajstić information content (AvgIpc) is 2.63. The molecule has 1 saturated heterocycles. The van der Waals surface area contributed by atoms with Crippen molar-refractivity contribution in [1.82, 2.24) is 10.2 Å². The van der Waals surface area contributed by atoms with Crippen LogP contribution >= 0.6 is 0 Å². The fourth-order valence-corrected chi connectivity index (χ4v) is 4.45. The zero-order chi connectivity index (χ0) is 19.4. The molecule has 1 aromatic carbocycles. The Morgan fingerprint density at radius 1 is 1.26 bits per heavy atom. The number of amides is 1. The predicted molar refractivity (Wildman–Crippen MR) is 103 cm³/mol. The quantitative estimate of drug-likeness (QED) is 0.764. The van der Waals surface area contributed by atoms with Gasteiger partial charge in [-0.25, -0.2) is 0 Å². The van der Waals surface area contributed by atoms with Gasteiger partial charge in [0.25, 0.3) is 0 Å². The Morgan fingerprint density at radius 3 is 2.52 bits per heavy atom. The number of benzene rings is 1. The number of rotatable bonds is 7. The average molecular weight is 374 g/mol. The molecule has 0 radical (unpaired) electrons. The van der Waals surface area contributed by atoms with Crippen molar-refractivity contribution in [1.29, 1.82) is 0 Å². The molecule has 1 heterocycles. The van der Waals surface area contributed by atoms with E-state index in [1.165, 1.54) is 0 Å². The predicted octanol–water partition coefficient (Wildman–Crippen LogP) is 2.10. The van der Waals surface area contributed by atoms with Crippen LogP contribution in [0.25, 0.3) is 0 Å². The Morgan fingerprint density at radius 2 is 1.93 bits per heavy atom. The molecule has 0 aromatic heterocycles. The smallest absolute Gasteiger partial charge is 0.317 e.